The van der Waals surface area contributed by atoms with Gasteiger partial charge in [-0.15, -0.1) is 0 Å². The molecule has 1 saturated carbocycles. The van der Waals surface area contributed by atoms with Crippen molar-refractivity contribution in [1.29, 1.82) is 0 Å². The van der Waals surface area contributed by atoms with Crippen LogP contribution in [-0.2, 0) is 0 Å². The van der Waals surface area contributed by atoms with Gasteiger partial charge in [0.25, 0.3) is 0 Å². The SMILES string of the molecule is COc1ccc([C@H]2C[C@H]2c2cc(OC)c(OC)c(OC)c2)cc1. The Morgan fingerprint density at radius 3 is 1.74 bits per heavy atom. The van der Waals surface area contributed by atoms with E-state index in [1.54, 1.807) is 28.4 Å². The Hall–Kier alpha value is -2.36. The minimum Gasteiger partial charge on any atom is -0.497 e. The zero-order valence-electron chi connectivity index (χ0n) is 14.0. The molecule has 4 heteroatoms. The first kappa shape index (κ1) is 15.5. The van der Waals surface area contributed by atoms with Gasteiger partial charge in [0.1, 0.15) is 5.75 Å². The van der Waals surface area contributed by atoms with E-state index in [4.69, 9.17) is 18.9 Å². The van der Waals surface area contributed by atoms with Crippen LogP contribution in [0.25, 0.3) is 0 Å². The van der Waals surface area contributed by atoms with Gasteiger partial charge in [0.15, 0.2) is 11.5 Å². The molecule has 4 nitrogen and oxygen atoms in total. The molecule has 2 atom stereocenters. The third kappa shape index (κ3) is 2.93. The second-order valence-electron chi connectivity index (χ2n) is 5.68. The van der Waals surface area contributed by atoms with Crippen molar-refractivity contribution >= 4 is 0 Å². The number of hydrogen-bond acceptors (Lipinski definition) is 4. The van der Waals surface area contributed by atoms with Crippen molar-refractivity contribution < 1.29 is 18.9 Å². The number of ether oxygens (including phenoxy) is 4. The smallest absolute Gasteiger partial charge is 0.203 e. The lowest BCUT2D eigenvalue weighted by Gasteiger charge is -2.14. The summed E-state index contributed by atoms with van der Waals surface area (Å²) >= 11 is 0. The van der Waals surface area contributed by atoms with Crippen molar-refractivity contribution in [3.63, 3.8) is 0 Å². The first-order valence-electron chi connectivity index (χ1n) is 7.65. The third-order valence-electron chi connectivity index (χ3n) is 4.45. The molecule has 0 bridgehead atoms. The highest BCUT2D eigenvalue weighted by Gasteiger charge is 2.40. The van der Waals surface area contributed by atoms with Crippen LogP contribution in [0.4, 0.5) is 0 Å². The Morgan fingerprint density at radius 2 is 1.26 bits per heavy atom. The van der Waals surface area contributed by atoms with E-state index in [9.17, 15) is 0 Å². The van der Waals surface area contributed by atoms with Gasteiger partial charge in [0.2, 0.25) is 5.75 Å². The van der Waals surface area contributed by atoms with E-state index in [2.05, 4.69) is 24.3 Å². The number of methoxy groups -OCH3 is 4. The minimum absolute atomic E-state index is 0.483. The Kier molecular flexibility index (Phi) is 4.33. The van der Waals surface area contributed by atoms with Gasteiger partial charge in [-0.3, -0.25) is 0 Å². The predicted octanol–water partition coefficient (Wildman–Crippen LogP) is 3.99. The predicted molar refractivity (Wildman–Crippen MR) is 89.2 cm³/mol. The monoisotopic (exact) mass is 314 g/mol. The Balaban J connectivity index is 1.85. The summed E-state index contributed by atoms with van der Waals surface area (Å²) < 4.78 is 21.5. The Bertz CT molecular complexity index is 653. The largest absolute Gasteiger partial charge is 0.497 e. The van der Waals surface area contributed by atoms with E-state index < -0.39 is 0 Å². The lowest BCUT2D eigenvalue weighted by atomic mass is 10.0. The standard InChI is InChI=1S/C19H22O4/c1-20-14-7-5-12(6-8-14)15-11-16(15)13-9-17(21-2)19(23-4)18(10-13)22-3/h5-10,15-16H,11H2,1-4H3/t15-,16+/m1/s1. The zero-order valence-corrected chi connectivity index (χ0v) is 14.0. The lowest BCUT2D eigenvalue weighted by Crippen LogP contribution is -1.97. The Morgan fingerprint density at radius 1 is 0.696 bits per heavy atom. The van der Waals surface area contributed by atoms with Gasteiger partial charge >= 0.3 is 0 Å². The first-order chi connectivity index (χ1) is 11.2. The van der Waals surface area contributed by atoms with Crippen LogP contribution in [0.3, 0.4) is 0 Å². The van der Waals surface area contributed by atoms with Crippen LogP contribution >= 0.6 is 0 Å². The summed E-state index contributed by atoms with van der Waals surface area (Å²) in [6.07, 6.45) is 1.13. The molecular weight excluding hydrogens is 292 g/mol. The fourth-order valence-corrected chi connectivity index (χ4v) is 3.10. The van der Waals surface area contributed by atoms with Crippen LogP contribution in [0, 0.1) is 0 Å². The quantitative estimate of drug-likeness (QED) is 0.808. The van der Waals surface area contributed by atoms with Gasteiger partial charge in [-0.1, -0.05) is 12.1 Å². The normalized spacial score (nSPS) is 19.1. The summed E-state index contributed by atoms with van der Waals surface area (Å²) in [6, 6.07) is 12.4. The van der Waals surface area contributed by atoms with E-state index in [-0.39, 0.29) is 0 Å². The van der Waals surface area contributed by atoms with Crippen molar-refractivity contribution in [3.8, 4) is 23.0 Å². The maximum absolute atomic E-state index is 5.45. The molecule has 2 aromatic rings. The summed E-state index contributed by atoms with van der Waals surface area (Å²) in [5.74, 6) is 3.96. The molecule has 1 fully saturated rings. The summed E-state index contributed by atoms with van der Waals surface area (Å²) in [7, 11) is 6.60. The molecule has 0 heterocycles. The molecule has 23 heavy (non-hydrogen) atoms. The van der Waals surface area contributed by atoms with E-state index in [1.165, 1.54) is 11.1 Å². The van der Waals surface area contributed by atoms with Crippen LogP contribution < -0.4 is 18.9 Å². The molecule has 0 aliphatic heterocycles. The number of benzene rings is 2. The maximum Gasteiger partial charge on any atom is 0.203 e. The van der Waals surface area contributed by atoms with Crippen LogP contribution in [0.5, 0.6) is 23.0 Å². The number of hydrogen-bond donors (Lipinski definition) is 0. The molecule has 0 aromatic heterocycles. The first-order valence-corrected chi connectivity index (χ1v) is 7.65. The highest BCUT2D eigenvalue weighted by Crippen LogP contribution is 2.56. The molecule has 0 spiro atoms. The third-order valence-corrected chi connectivity index (χ3v) is 4.45. The van der Waals surface area contributed by atoms with Gasteiger partial charge in [-0.05, 0) is 53.6 Å². The van der Waals surface area contributed by atoms with Gasteiger partial charge in [-0.25, -0.2) is 0 Å². The van der Waals surface area contributed by atoms with E-state index in [1.807, 2.05) is 12.1 Å². The van der Waals surface area contributed by atoms with Gasteiger partial charge in [0, 0.05) is 0 Å². The molecule has 0 N–H and O–H groups in total. The van der Waals surface area contributed by atoms with E-state index >= 15 is 0 Å². The maximum atomic E-state index is 5.45. The van der Waals surface area contributed by atoms with E-state index in [0.29, 0.717) is 29.1 Å². The molecule has 0 saturated heterocycles. The average Bonchev–Trinajstić information content (AvgIpc) is 3.41. The highest BCUT2D eigenvalue weighted by molar-refractivity contribution is 5.56. The summed E-state index contributed by atoms with van der Waals surface area (Å²) in [5.41, 5.74) is 2.56. The van der Waals surface area contributed by atoms with Crippen LogP contribution in [-0.4, -0.2) is 28.4 Å². The lowest BCUT2D eigenvalue weighted by molar-refractivity contribution is 0.324. The highest BCUT2D eigenvalue weighted by atomic mass is 16.5. The second kappa shape index (κ2) is 6.41. The summed E-state index contributed by atoms with van der Waals surface area (Å²) in [4.78, 5) is 0. The molecule has 1 aliphatic carbocycles. The van der Waals surface area contributed by atoms with Crippen molar-refractivity contribution in [1.82, 2.24) is 0 Å². The molecule has 0 radical (unpaired) electrons. The zero-order chi connectivity index (χ0) is 16.4. The van der Waals surface area contributed by atoms with Crippen LogP contribution in [0.1, 0.15) is 29.4 Å². The fraction of sp³-hybridized carbons (Fsp3) is 0.368. The van der Waals surface area contributed by atoms with Gasteiger partial charge < -0.3 is 18.9 Å². The van der Waals surface area contributed by atoms with Crippen molar-refractivity contribution in [2.75, 3.05) is 28.4 Å². The molecular formula is C19H22O4. The fourth-order valence-electron chi connectivity index (χ4n) is 3.10. The molecule has 1 aliphatic rings. The van der Waals surface area contributed by atoms with Gasteiger partial charge in [0.05, 0.1) is 28.4 Å². The van der Waals surface area contributed by atoms with Crippen molar-refractivity contribution in [2.45, 2.75) is 18.3 Å². The summed E-state index contributed by atoms with van der Waals surface area (Å²) in [5, 5.41) is 0. The number of rotatable bonds is 6. The molecule has 2 aromatic carbocycles. The molecule has 0 amide bonds. The van der Waals surface area contributed by atoms with Gasteiger partial charge in [-0.2, -0.15) is 0 Å². The molecule has 3 rings (SSSR count). The molecule has 122 valence electrons. The topological polar surface area (TPSA) is 36.9 Å². The summed E-state index contributed by atoms with van der Waals surface area (Å²) in [6.45, 7) is 0. The molecule has 0 unspecified atom stereocenters. The van der Waals surface area contributed by atoms with Crippen molar-refractivity contribution in [3.05, 3.63) is 47.5 Å². The van der Waals surface area contributed by atoms with Crippen molar-refractivity contribution in [2.24, 2.45) is 0 Å². The second-order valence-corrected chi connectivity index (χ2v) is 5.68. The van der Waals surface area contributed by atoms with Crippen LogP contribution in [0.15, 0.2) is 36.4 Å². The Labute approximate surface area is 136 Å². The minimum atomic E-state index is 0.483. The van der Waals surface area contributed by atoms with Crippen LogP contribution in [0.2, 0.25) is 0 Å². The average molecular weight is 314 g/mol. The van der Waals surface area contributed by atoms with E-state index in [0.717, 1.165) is 12.2 Å².